The minimum atomic E-state index is -0.582. The Kier molecular flexibility index (Phi) is 7.73. The van der Waals surface area contributed by atoms with Crippen molar-refractivity contribution in [2.75, 3.05) is 13.2 Å². The number of halogens is 2. The Morgan fingerprint density at radius 3 is 2.42 bits per heavy atom. The Hall–Kier alpha value is -1.78. The van der Waals surface area contributed by atoms with Gasteiger partial charge in [0.25, 0.3) is 0 Å². The Labute approximate surface area is 165 Å². The Balaban J connectivity index is 0.00000243. The molecule has 0 bridgehead atoms. The van der Waals surface area contributed by atoms with Crippen molar-refractivity contribution in [2.24, 2.45) is 0 Å². The average Bonchev–Trinajstić information content (AvgIpc) is 2.65. The maximum atomic E-state index is 10.2. The summed E-state index contributed by atoms with van der Waals surface area (Å²) in [5.41, 5.74) is 1.13. The van der Waals surface area contributed by atoms with E-state index in [9.17, 15) is 5.11 Å². The molecule has 0 spiro atoms. The average molecular weight is 392 g/mol. The van der Waals surface area contributed by atoms with E-state index < -0.39 is 6.10 Å². The van der Waals surface area contributed by atoms with Gasteiger partial charge in [0, 0.05) is 17.6 Å². The van der Waals surface area contributed by atoms with Crippen molar-refractivity contribution in [3.05, 3.63) is 77.3 Å². The molecule has 2 N–H and O–H groups in total. The highest BCUT2D eigenvalue weighted by atomic mass is 35.5. The molecule has 0 saturated heterocycles. The van der Waals surface area contributed by atoms with Crippen LogP contribution in [-0.4, -0.2) is 24.4 Å². The van der Waals surface area contributed by atoms with Crippen LogP contribution in [-0.2, 0) is 0 Å². The molecule has 0 aliphatic rings. The van der Waals surface area contributed by atoms with Gasteiger partial charge in [-0.05, 0) is 47.5 Å². The van der Waals surface area contributed by atoms with Gasteiger partial charge in [-0.1, -0.05) is 54.1 Å². The zero-order valence-electron chi connectivity index (χ0n) is 14.6. The number of hydrogen-bond donors (Lipinski definition) is 2. The highest BCUT2D eigenvalue weighted by Crippen LogP contribution is 2.20. The van der Waals surface area contributed by atoms with Gasteiger partial charge in [-0.3, -0.25) is 0 Å². The van der Waals surface area contributed by atoms with Crippen LogP contribution in [0.15, 0.2) is 66.7 Å². The van der Waals surface area contributed by atoms with Gasteiger partial charge in [-0.25, -0.2) is 0 Å². The number of ether oxygens (including phenoxy) is 1. The molecule has 0 amide bonds. The van der Waals surface area contributed by atoms with E-state index in [0.29, 0.717) is 6.54 Å². The largest absolute Gasteiger partial charge is 0.491 e. The first-order valence-electron chi connectivity index (χ1n) is 8.40. The first kappa shape index (κ1) is 20.5. The summed E-state index contributed by atoms with van der Waals surface area (Å²) >= 11 is 5.90. The molecule has 0 heterocycles. The zero-order valence-corrected chi connectivity index (χ0v) is 16.1. The standard InChI is InChI=1S/C21H22ClNO2.ClH/c1-15(16-6-9-19(22)10-7-16)23-13-20(24)14-25-21-11-8-17-4-2-3-5-18(17)12-21;/h2-12,15,20,23-24H,13-14H2,1H3;1H. The maximum absolute atomic E-state index is 10.2. The molecule has 0 aromatic heterocycles. The number of aliphatic hydroxyl groups excluding tert-OH is 1. The Morgan fingerprint density at radius 1 is 1.00 bits per heavy atom. The summed E-state index contributed by atoms with van der Waals surface area (Å²) in [6.07, 6.45) is -0.582. The van der Waals surface area contributed by atoms with Gasteiger partial charge in [0.05, 0.1) is 0 Å². The lowest BCUT2D eigenvalue weighted by Crippen LogP contribution is -2.33. The summed E-state index contributed by atoms with van der Waals surface area (Å²) in [6.45, 7) is 2.76. The predicted octanol–water partition coefficient (Wildman–Crippen LogP) is 5.01. The molecule has 2 unspecified atom stereocenters. The van der Waals surface area contributed by atoms with Crippen LogP contribution >= 0.6 is 24.0 Å². The van der Waals surface area contributed by atoms with E-state index in [4.69, 9.17) is 16.3 Å². The Bertz CT molecular complexity index is 824. The molecular weight excluding hydrogens is 369 g/mol. The van der Waals surface area contributed by atoms with Crippen LogP contribution < -0.4 is 10.1 Å². The van der Waals surface area contributed by atoms with Gasteiger partial charge in [-0.15, -0.1) is 12.4 Å². The molecule has 3 rings (SSSR count). The predicted molar refractivity (Wildman–Crippen MR) is 111 cm³/mol. The van der Waals surface area contributed by atoms with Crippen molar-refractivity contribution in [3.8, 4) is 5.75 Å². The van der Waals surface area contributed by atoms with Crippen LogP contribution in [0, 0.1) is 0 Å². The second-order valence-corrected chi connectivity index (χ2v) is 6.59. The number of nitrogens with one attached hydrogen (secondary N) is 1. The highest BCUT2D eigenvalue weighted by molar-refractivity contribution is 6.30. The first-order valence-corrected chi connectivity index (χ1v) is 8.78. The van der Waals surface area contributed by atoms with Crippen molar-refractivity contribution < 1.29 is 9.84 Å². The summed E-state index contributed by atoms with van der Waals surface area (Å²) < 4.78 is 5.72. The third-order valence-corrected chi connectivity index (χ3v) is 4.44. The third-order valence-electron chi connectivity index (χ3n) is 4.19. The van der Waals surface area contributed by atoms with Gasteiger partial charge in [-0.2, -0.15) is 0 Å². The van der Waals surface area contributed by atoms with Gasteiger partial charge in [0.1, 0.15) is 18.5 Å². The van der Waals surface area contributed by atoms with Crippen LogP contribution in [0.2, 0.25) is 5.02 Å². The minimum absolute atomic E-state index is 0. The topological polar surface area (TPSA) is 41.5 Å². The molecule has 26 heavy (non-hydrogen) atoms. The number of benzene rings is 3. The number of aliphatic hydroxyl groups is 1. The molecule has 0 aliphatic carbocycles. The molecule has 0 fully saturated rings. The molecule has 138 valence electrons. The molecule has 3 aromatic rings. The van der Waals surface area contributed by atoms with E-state index in [0.717, 1.165) is 21.7 Å². The van der Waals surface area contributed by atoms with E-state index in [1.165, 1.54) is 5.39 Å². The summed E-state index contributed by atoms with van der Waals surface area (Å²) in [6, 6.07) is 21.9. The molecule has 3 aromatic carbocycles. The summed E-state index contributed by atoms with van der Waals surface area (Å²) in [5.74, 6) is 0.767. The molecule has 2 atom stereocenters. The second kappa shape index (κ2) is 9.79. The minimum Gasteiger partial charge on any atom is -0.491 e. The van der Waals surface area contributed by atoms with Crippen molar-refractivity contribution in [3.63, 3.8) is 0 Å². The zero-order chi connectivity index (χ0) is 17.6. The van der Waals surface area contributed by atoms with Crippen molar-refractivity contribution in [1.29, 1.82) is 0 Å². The number of fused-ring (bicyclic) bond motifs is 1. The van der Waals surface area contributed by atoms with Crippen LogP contribution in [0.25, 0.3) is 10.8 Å². The maximum Gasteiger partial charge on any atom is 0.120 e. The van der Waals surface area contributed by atoms with Gasteiger partial charge in [0.15, 0.2) is 0 Å². The summed E-state index contributed by atoms with van der Waals surface area (Å²) in [4.78, 5) is 0. The molecule has 5 heteroatoms. The monoisotopic (exact) mass is 391 g/mol. The fourth-order valence-corrected chi connectivity index (χ4v) is 2.82. The quantitative estimate of drug-likeness (QED) is 0.594. The SMILES string of the molecule is CC(NCC(O)COc1ccc2ccccc2c1)c1ccc(Cl)cc1.Cl. The van der Waals surface area contributed by atoms with Crippen molar-refractivity contribution in [2.45, 2.75) is 19.1 Å². The fourth-order valence-electron chi connectivity index (χ4n) is 2.69. The van der Waals surface area contributed by atoms with Gasteiger partial charge in [0.2, 0.25) is 0 Å². The second-order valence-electron chi connectivity index (χ2n) is 6.16. The normalized spacial score (nSPS) is 13.0. The lowest BCUT2D eigenvalue weighted by molar-refractivity contribution is 0.104. The van der Waals surface area contributed by atoms with Crippen LogP contribution in [0.5, 0.6) is 5.75 Å². The Morgan fingerprint density at radius 2 is 1.69 bits per heavy atom. The van der Waals surface area contributed by atoms with Crippen LogP contribution in [0.4, 0.5) is 0 Å². The van der Waals surface area contributed by atoms with E-state index in [-0.39, 0.29) is 25.1 Å². The van der Waals surface area contributed by atoms with Gasteiger partial charge >= 0.3 is 0 Å². The first-order chi connectivity index (χ1) is 12.1. The highest BCUT2D eigenvalue weighted by Gasteiger charge is 2.10. The van der Waals surface area contributed by atoms with Gasteiger partial charge < -0.3 is 15.2 Å². The lowest BCUT2D eigenvalue weighted by atomic mass is 10.1. The van der Waals surface area contributed by atoms with Crippen molar-refractivity contribution in [1.82, 2.24) is 5.32 Å². The summed E-state index contributed by atoms with van der Waals surface area (Å²) in [5, 5.41) is 16.5. The number of rotatable bonds is 7. The van der Waals surface area contributed by atoms with E-state index in [1.807, 2.05) is 60.7 Å². The molecule has 0 aliphatic heterocycles. The molecular formula is C21H23Cl2NO2. The van der Waals surface area contributed by atoms with E-state index in [2.05, 4.69) is 18.3 Å². The fraction of sp³-hybridized carbons (Fsp3) is 0.238. The van der Waals surface area contributed by atoms with Crippen LogP contribution in [0.1, 0.15) is 18.5 Å². The smallest absolute Gasteiger partial charge is 0.120 e. The van der Waals surface area contributed by atoms with Crippen molar-refractivity contribution >= 4 is 34.8 Å². The molecule has 0 radical (unpaired) electrons. The third kappa shape index (κ3) is 5.61. The molecule has 0 saturated carbocycles. The molecule has 3 nitrogen and oxygen atoms in total. The van der Waals surface area contributed by atoms with E-state index >= 15 is 0 Å². The summed E-state index contributed by atoms with van der Waals surface area (Å²) in [7, 11) is 0. The lowest BCUT2D eigenvalue weighted by Gasteiger charge is -2.18. The number of hydrogen-bond acceptors (Lipinski definition) is 3. The van der Waals surface area contributed by atoms with Crippen LogP contribution in [0.3, 0.4) is 0 Å². The van der Waals surface area contributed by atoms with E-state index in [1.54, 1.807) is 0 Å².